The lowest BCUT2D eigenvalue weighted by Gasteiger charge is -2.35. The highest BCUT2D eigenvalue weighted by molar-refractivity contribution is 5.79. The number of aryl methyl sites for hydroxylation is 1. The summed E-state index contributed by atoms with van der Waals surface area (Å²) in [5, 5.41) is 4.36. The summed E-state index contributed by atoms with van der Waals surface area (Å²) in [4.78, 5) is 27.7. The molecule has 1 fully saturated rings. The summed E-state index contributed by atoms with van der Waals surface area (Å²) < 4.78 is 1.93. The first-order valence-corrected chi connectivity index (χ1v) is 11.0. The lowest BCUT2D eigenvalue weighted by atomic mass is 10.1. The van der Waals surface area contributed by atoms with Crippen molar-refractivity contribution in [2.24, 2.45) is 7.05 Å². The highest BCUT2D eigenvalue weighted by atomic mass is 16.2. The van der Waals surface area contributed by atoms with E-state index in [0.29, 0.717) is 6.42 Å². The smallest absolute Gasteiger partial charge is 0.226 e. The molecule has 0 aliphatic carbocycles. The average molecular weight is 434 g/mol. The quantitative estimate of drug-likeness (QED) is 0.593. The Morgan fingerprint density at radius 3 is 2.34 bits per heavy atom. The number of aromatic nitrogens is 4. The van der Waals surface area contributed by atoms with Gasteiger partial charge in [0.2, 0.25) is 5.91 Å². The summed E-state index contributed by atoms with van der Waals surface area (Å²) in [7, 11) is 5.54. The SMILES string of the molecule is Cc1c(CN2CCN(c3nccnc3-c3ccc(CC(=O)N(C)C)cc3)CC2)cnn1C. The second-order valence-corrected chi connectivity index (χ2v) is 8.53. The molecule has 168 valence electrons. The Balaban J connectivity index is 1.44. The number of benzene rings is 1. The number of amides is 1. The summed E-state index contributed by atoms with van der Waals surface area (Å²) in [5.74, 6) is 1.01. The van der Waals surface area contributed by atoms with Crippen molar-refractivity contribution in [3.63, 3.8) is 0 Å². The Morgan fingerprint density at radius 1 is 1.03 bits per heavy atom. The van der Waals surface area contributed by atoms with Gasteiger partial charge in [0, 0.05) is 83.1 Å². The number of carbonyl (C=O) groups excluding carboxylic acids is 1. The van der Waals surface area contributed by atoms with E-state index >= 15 is 0 Å². The van der Waals surface area contributed by atoms with E-state index in [1.165, 1.54) is 11.3 Å². The minimum absolute atomic E-state index is 0.0947. The maximum atomic E-state index is 12.0. The van der Waals surface area contributed by atoms with Crippen LogP contribution in [0.2, 0.25) is 0 Å². The van der Waals surface area contributed by atoms with Gasteiger partial charge in [0.1, 0.15) is 5.69 Å². The first-order chi connectivity index (χ1) is 15.4. The molecule has 1 saturated heterocycles. The number of anilines is 1. The van der Waals surface area contributed by atoms with Gasteiger partial charge >= 0.3 is 0 Å². The predicted octanol–water partition coefficient (Wildman–Crippen LogP) is 2.14. The Labute approximate surface area is 189 Å². The van der Waals surface area contributed by atoms with Crippen LogP contribution in [0.4, 0.5) is 5.82 Å². The number of rotatable bonds is 6. The van der Waals surface area contributed by atoms with Crippen LogP contribution in [0.1, 0.15) is 16.8 Å². The molecule has 3 aromatic rings. The fraction of sp³-hybridized carbons (Fsp3) is 0.417. The molecular formula is C24H31N7O. The highest BCUT2D eigenvalue weighted by Gasteiger charge is 2.22. The lowest BCUT2D eigenvalue weighted by Crippen LogP contribution is -2.46. The average Bonchev–Trinajstić information content (AvgIpc) is 3.12. The zero-order valence-electron chi connectivity index (χ0n) is 19.3. The zero-order valence-corrected chi connectivity index (χ0v) is 19.3. The van der Waals surface area contributed by atoms with Crippen molar-refractivity contribution in [2.75, 3.05) is 45.2 Å². The molecule has 1 aromatic carbocycles. The maximum absolute atomic E-state index is 12.0. The molecule has 0 atom stereocenters. The van der Waals surface area contributed by atoms with Crippen molar-refractivity contribution >= 4 is 11.7 Å². The fourth-order valence-corrected chi connectivity index (χ4v) is 3.94. The number of likely N-dealkylation sites (N-methyl/N-ethyl adjacent to an activating group) is 1. The van der Waals surface area contributed by atoms with Gasteiger partial charge in [0.15, 0.2) is 5.82 Å². The summed E-state index contributed by atoms with van der Waals surface area (Å²) in [5.41, 5.74) is 5.41. The third kappa shape index (κ3) is 4.80. The van der Waals surface area contributed by atoms with Crippen molar-refractivity contribution < 1.29 is 4.79 Å². The number of piperazine rings is 1. The molecule has 8 heteroatoms. The molecule has 8 nitrogen and oxygen atoms in total. The molecule has 0 bridgehead atoms. The Hall–Kier alpha value is -3.26. The minimum Gasteiger partial charge on any atom is -0.352 e. The van der Waals surface area contributed by atoms with Gasteiger partial charge in [-0.25, -0.2) is 4.98 Å². The number of hydrogen-bond acceptors (Lipinski definition) is 6. The van der Waals surface area contributed by atoms with Crippen molar-refractivity contribution in [3.8, 4) is 11.3 Å². The second kappa shape index (κ2) is 9.48. The predicted molar refractivity (Wildman–Crippen MR) is 125 cm³/mol. The molecule has 0 radical (unpaired) electrons. The zero-order chi connectivity index (χ0) is 22.7. The minimum atomic E-state index is 0.0947. The second-order valence-electron chi connectivity index (χ2n) is 8.53. The van der Waals surface area contributed by atoms with Crippen molar-refractivity contribution in [1.29, 1.82) is 0 Å². The van der Waals surface area contributed by atoms with Crippen LogP contribution in [-0.2, 0) is 24.8 Å². The van der Waals surface area contributed by atoms with Crippen LogP contribution in [0.5, 0.6) is 0 Å². The topological polar surface area (TPSA) is 70.4 Å². The van der Waals surface area contributed by atoms with Crippen LogP contribution in [0.15, 0.2) is 42.9 Å². The maximum Gasteiger partial charge on any atom is 0.226 e. The van der Waals surface area contributed by atoms with Crippen LogP contribution < -0.4 is 4.90 Å². The van der Waals surface area contributed by atoms with Crippen molar-refractivity contribution in [2.45, 2.75) is 19.9 Å². The largest absolute Gasteiger partial charge is 0.352 e. The van der Waals surface area contributed by atoms with Gasteiger partial charge in [-0.1, -0.05) is 24.3 Å². The van der Waals surface area contributed by atoms with E-state index in [1.54, 1.807) is 31.4 Å². The molecule has 1 aliphatic heterocycles. The summed E-state index contributed by atoms with van der Waals surface area (Å²) in [6.07, 6.45) is 5.87. The molecular weight excluding hydrogens is 402 g/mol. The Kier molecular flexibility index (Phi) is 6.50. The van der Waals surface area contributed by atoms with E-state index in [4.69, 9.17) is 0 Å². The molecule has 0 N–H and O–H groups in total. The first-order valence-electron chi connectivity index (χ1n) is 11.0. The van der Waals surface area contributed by atoms with Crippen molar-refractivity contribution in [1.82, 2.24) is 29.5 Å². The fourth-order valence-electron chi connectivity index (χ4n) is 3.94. The summed E-state index contributed by atoms with van der Waals surface area (Å²) >= 11 is 0. The van der Waals surface area contributed by atoms with Gasteiger partial charge in [-0.15, -0.1) is 0 Å². The molecule has 0 unspecified atom stereocenters. The monoisotopic (exact) mass is 433 g/mol. The molecule has 1 aliphatic rings. The normalized spacial score (nSPS) is 14.6. The number of carbonyl (C=O) groups is 1. The van der Waals surface area contributed by atoms with Gasteiger partial charge in [-0.3, -0.25) is 19.4 Å². The van der Waals surface area contributed by atoms with E-state index < -0.39 is 0 Å². The molecule has 32 heavy (non-hydrogen) atoms. The van der Waals surface area contributed by atoms with Gasteiger partial charge < -0.3 is 9.80 Å². The Bertz CT molecular complexity index is 1070. The van der Waals surface area contributed by atoms with Crippen LogP contribution >= 0.6 is 0 Å². The van der Waals surface area contributed by atoms with E-state index in [9.17, 15) is 4.79 Å². The third-order valence-electron chi connectivity index (χ3n) is 6.16. The van der Waals surface area contributed by atoms with Crippen LogP contribution in [0, 0.1) is 6.92 Å². The van der Waals surface area contributed by atoms with Crippen LogP contribution in [-0.4, -0.2) is 75.7 Å². The molecule has 3 heterocycles. The van der Waals surface area contributed by atoms with E-state index in [-0.39, 0.29) is 5.91 Å². The number of nitrogens with zero attached hydrogens (tertiary/aromatic N) is 7. The van der Waals surface area contributed by atoms with Gasteiger partial charge in [-0.2, -0.15) is 5.10 Å². The highest BCUT2D eigenvalue weighted by Crippen LogP contribution is 2.28. The van der Waals surface area contributed by atoms with E-state index in [2.05, 4.69) is 31.8 Å². The third-order valence-corrected chi connectivity index (χ3v) is 6.16. The summed E-state index contributed by atoms with van der Waals surface area (Å²) in [6, 6.07) is 8.08. The summed E-state index contributed by atoms with van der Waals surface area (Å²) in [6.45, 7) is 6.78. The van der Waals surface area contributed by atoms with Crippen molar-refractivity contribution in [3.05, 3.63) is 59.7 Å². The lowest BCUT2D eigenvalue weighted by molar-refractivity contribution is -0.127. The molecule has 1 amide bonds. The molecule has 0 spiro atoms. The molecule has 2 aromatic heterocycles. The van der Waals surface area contributed by atoms with Crippen LogP contribution in [0.3, 0.4) is 0 Å². The molecule has 4 rings (SSSR count). The Morgan fingerprint density at radius 2 is 1.72 bits per heavy atom. The van der Waals surface area contributed by atoms with E-state index in [1.807, 2.05) is 42.2 Å². The van der Waals surface area contributed by atoms with Crippen LogP contribution in [0.25, 0.3) is 11.3 Å². The van der Waals surface area contributed by atoms with Gasteiger partial charge in [0.05, 0.1) is 12.6 Å². The number of hydrogen-bond donors (Lipinski definition) is 0. The van der Waals surface area contributed by atoms with E-state index in [0.717, 1.165) is 55.4 Å². The van der Waals surface area contributed by atoms with Gasteiger partial charge in [0.25, 0.3) is 0 Å². The first kappa shape index (κ1) is 22.0. The molecule has 0 saturated carbocycles. The standard InChI is InChI=1S/C24H31N7O/c1-18-21(16-27-29(18)4)17-30-11-13-31(14-12-30)24-23(25-9-10-26-24)20-7-5-19(6-8-20)15-22(32)28(2)3/h5-10,16H,11-15,17H2,1-4H3. The van der Waals surface area contributed by atoms with Gasteiger partial charge in [-0.05, 0) is 12.5 Å².